The Morgan fingerprint density at radius 2 is 2.00 bits per heavy atom. The monoisotopic (exact) mass is 381 g/mol. The van der Waals surface area contributed by atoms with Crippen LogP contribution < -0.4 is 10.6 Å². The maximum atomic E-state index is 4.36. The van der Waals surface area contributed by atoms with Crippen LogP contribution in [0.1, 0.15) is 18.4 Å². The molecule has 1 unspecified atom stereocenters. The first-order chi connectivity index (χ1) is 9.34. The number of aliphatic imine (C=N–C) groups is 1. The maximum Gasteiger partial charge on any atom is 0.191 e. The van der Waals surface area contributed by atoms with E-state index in [9.17, 15) is 0 Å². The summed E-state index contributed by atoms with van der Waals surface area (Å²) in [5.74, 6) is 1.39. The zero-order valence-corrected chi connectivity index (χ0v) is 13.9. The Bertz CT molecular complexity index is 604. The SMILES string of the molecule is CC(CNC1=NCCN1)c1cccc2ccccc12.I. The lowest BCUT2D eigenvalue weighted by Gasteiger charge is -2.16. The second-order valence-corrected chi connectivity index (χ2v) is 5.01. The summed E-state index contributed by atoms with van der Waals surface area (Å²) >= 11 is 0. The quantitative estimate of drug-likeness (QED) is 0.802. The van der Waals surface area contributed by atoms with Crippen LogP contribution in [0.3, 0.4) is 0 Å². The van der Waals surface area contributed by atoms with Crippen LogP contribution in [-0.4, -0.2) is 25.6 Å². The number of fused-ring (bicyclic) bond motifs is 1. The van der Waals surface area contributed by atoms with E-state index in [1.807, 2.05) is 0 Å². The molecule has 2 aromatic carbocycles. The van der Waals surface area contributed by atoms with Crippen molar-refractivity contribution in [2.24, 2.45) is 4.99 Å². The van der Waals surface area contributed by atoms with Gasteiger partial charge in [-0.05, 0) is 22.3 Å². The normalized spacial score (nSPS) is 15.2. The van der Waals surface area contributed by atoms with Crippen LogP contribution in [0.5, 0.6) is 0 Å². The van der Waals surface area contributed by atoms with E-state index in [2.05, 4.69) is 65.0 Å². The van der Waals surface area contributed by atoms with Gasteiger partial charge in [0.15, 0.2) is 5.96 Å². The number of hydrogen-bond donors (Lipinski definition) is 2. The standard InChI is InChI=1S/C16H19N3.HI/c1-12(11-19-16-17-9-10-18-16)14-8-4-6-13-5-2-3-7-15(13)14;/h2-8,12H,9-11H2,1H3,(H2,17,18,19);1H. The molecule has 0 saturated carbocycles. The van der Waals surface area contributed by atoms with E-state index >= 15 is 0 Å². The molecule has 0 saturated heterocycles. The van der Waals surface area contributed by atoms with Crippen LogP contribution in [0, 0.1) is 0 Å². The van der Waals surface area contributed by atoms with Crippen molar-refractivity contribution in [1.29, 1.82) is 0 Å². The van der Waals surface area contributed by atoms with E-state index in [1.54, 1.807) is 0 Å². The van der Waals surface area contributed by atoms with E-state index in [1.165, 1.54) is 16.3 Å². The van der Waals surface area contributed by atoms with Crippen LogP contribution >= 0.6 is 24.0 Å². The predicted molar refractivity (Wildman–Crippen MR) is 96.1 cm³/mol. The number of guanidine groups is 1. The molecule has 3 rings (SSSR count). The van der Waals surface area contributed by atoms with Gasteiger partial charge in [0.2, 0.25) is 0 Å². The molecule has 2 aromatic rings. The van der Waals surface area contributed by atoms with Gasteiger partial charge in [0.1, 0.15) is 0 Å². The van der Waals surface area contributed by atoms with Crippen molar-refractivity contribution in [3.8, 4) is 0 Å². The van der Waals surface area contributed by atoms with Gasteiger partial charge in [0, 0.05) is 13.1 Å². The molecule has 0 spiro atoms. The lowest BCUT2D eigenvalue weighted by Crippen LogP contribution is -2.35. The summed E-state index contributed by atoms with van der Waals surface area (Å²) < 4.78 is 0. The molecule has 0 amide bonds. The molecular weight excluding hydrogens is 361 g/mol. The maximum absolute atomic E-state index is 4.36. The Labute approximate surface area is 136 Å². The van der Waals surface area contributed by atoms with Gasteiger partial charge in [-0.2, -0.15) is 0 Å². The number of rotatable bonds is 3. The number of nitrogens with one attached hydrogen (secondary N) is 2. The van der Waals surface area contributed by atoms with Crippen molar-refractivity contribution < 1.29 is 0 Å². The summed E-state index contributed by atoms with van der Waals surface area (Å²) in [5.41, 5.74) is 1.39. The van der Waals surface area contributed by atoms with Crippen LogP contribution in [0.2, 0.25) is 0 Å². The third kappa shape index (κ3) is 3.23. The second kappa shape index (κ2) is 6.92. The van der Waals surface area contributed by atoms with Crippen molar-refractivity contribution in [3.05, 3.63) is 48.0 Å². The third-order valence-electron chi connectivity index (χ3n) is 3.60. The summed E-state index contributed by atoms with van der Waals surface area (Å²) in [4.78, 5) is 4.36. The minimum absolute atomic E-state index is 0. The zero-order chi connectivity index (χ0) is 13.1. The molecule has 20 heavy (non-hydrogen) atoms. The molecule has 1 heterocycles. The fraction of sp³-hybridized carbons (Fsp3) is 0.312. The van der Waals surface area contributed by atoms with E-state index in [-0.39, 0.29) is 24.0 Å². The molecule has 2 N–H and O–H groups in total. The predicted octanol–water partition coefficient (Wildman–Crippen LogP) is 3.11. The summed E-state index contributed by atoms with van der Waals surface area (Å²) in [6.45, 7) is 4.99. The summed E-state index contributed by atoms with van der Waals surface area (Å²) in [7, 11) is 0. The number of hydrogen-bond acceptors (Lipinski definition) is 3. The minimum atomic E-state index is 0. The molecule has 0 fully saturated rings. The van der Waals surface area contributed by atoms with Crippen molar-refractivity contribution in [1.82, 2.24) is 10.6 Å². The second-order valence-electron chi connectivity index (χ2n) is 5.01. The average Bonchev–Trinajstić information content (AvgIpc) is 2.97. The van der Waals surface area contributed by atoms with Gasteiger partial charge in [-0.3, -0.25) is 4.99 Å². The van der Waals surface area contributed by atoms with Gasteiger partial charge < -0.3 is 10.6 Å². The molecule has 4 heteroatoms. The lowest BCUT2D eigenvalue weighted by atomic mass is 9.95. The fourth-order valence-electron chi connectivity index (χ4n) is 2.56. The van der Waals surface area contributed by atoms with E-state index < -0.39 is 0 Å². The van der Waals surface area contributed by atoms with Crippen LogP contribution in [0.25, 0.3) is 10.8 Å². The Morgan fingerprint density at radius 1 is 1.20 bits per heavy atom. The molecule has 106 valence electrons. The van der Waals surface area contributed by atoms with E-state index in [0.717, 1.165) is 25.6 Å². The Morgan fingerprint density at radius 3 is 2.80 bits per heavy atom. The van der Waals surface area contributed by atoms with Crippen molar-refractivity contribution in [2.75, 3.05) is 19.6 Å². The molecule has 1 atom stereocenters. The minimum Gasteiger partial charge on any atom is -0.356 e. The molecule has 0 aromatic heterocycles. The highest BCUT2D eigenvalue weighted by Crippen LogP contribution is 2.24. The van der Waals surface area contributed by atoms with Gasteiger partial charge in [-0.1, -0.05) is 49.4 Å². The van der Waals surface area contributed by atoms with Gasteiger partial charge >= 0.3 is 0 Å². The molecule has 0 bridgehead atoms. The highest BCUT2D eigenvalue weighted by Gasteiger charge is 2.11. The van der Waals surface area contributed by atoms with E-state index in [0.29, 0.717) is 5.92 Å². The van der Waals surface area contributed by atoms with Crippen LogP contribution in [0.15, 0.2) is 47.5 Å². The number of halogens is 1. The molecule has 0 aliphatic carbocycles. The van der Waals surface area contributed by atoms with Crippen molar-refractivity contribution in [3.63, 3.8) is 0 Å². The Kier molecular flexibility index (Phi) is 5.23. The first-order valence-electron chi connectivity index (χ1n) is 6.84. The van der Waals surface area contributed by atoms with Gasteiger partial charge in [-0.15, -0.1) is 24.0 Å². The highest BCUT2D eigenvalue weighted by molar-refractivity contribution is 14.0. The number of benzene rings is 2. The van der Waals surface area contributed by atoms with Gasteiger partial charge in [-0.25, -0.2) is 0 Å². The Hall–Kier alpha value is -1.30. The van der Waals surface area contributed by atoms with Gasteiger partial charge in [0.25, 0.3) is 0 Å². The van der Waals surface area contributed by atoms with Crippen LogP contribution in [-0.2, 0) is 0 Å². The first kappa shape index (κ1) is 15.1. The topological polar surface area (TPSA) is 36.4 Å². The molecular formula is C16H20IN3. The van der Waals surface area contributed by atoms with E-state index in [4.69, 9.17) is 0 Å². The highest BCUT2D eigenvalue weighted by atomic mass is 127. The molecule has 1 aliphatic rings. The first-order valence-corrected chi connectivity index (χ1v) is 6.84. The summed E-state index contributed by atoms with van der Waals surface area (Å²) in [5, 5.41) is 9.28. The average molecular weight is 381 g/mol. The van der Waals surface area contributed by atoms with Crippen LogP contribution in [0.4, 0.5) is 0 Å². The van der Waals surface area contributed by atoms with Crippen molar-refractivity contribution >= 4 is 40.7 Å². The lowest BCUT2D eigenvalue weighted by molar-refractivity contribution is 0.715. The van der Waals surface area contributed by atoms with Gasteiger partial charge in [0.05, 0.1) is 6.54 Å². The molecule has 0 radical (unpaired) electrons. The smallest absolute Gasteiger partial charge is 0.191 e. The fourth-order valence-corrected chi connectivity index (χ4v) is 2.56. The summed E-state index contributed by atoms with van der Waals surface area (Å²) in [6, 6.07) is 15.1. The number of nitrogens with zero attached hydrogens (tertiary/aromatic N) is 1. The third-order valence-corrected chi connectivity index (χ3v) is 3.60. The summed E-state index contributed by atoms with van der Waals surface area (Å²) in [6.07, 6.45) is 0. The molecule has 1 aliphatic heterocycles. The Balaban J connectivity index is 0.00000147. The molecule has 3 nitrogen and oxygen atoms in total. The largest absolute Gasteiger partial charge is 0.356 e. The van der Waals surface area contributed by atoms with Crippen molar-refractivity contribution in [2.45, 2.75) is 12.8 Å². The zero-order valence-electron chi connectivity index (χ0n) is 11.6.